The van der Waals surface area contributed by atoms with Gasteiger partial charge in [-0.05, 0) is 72.8 Å². The largest absolute Gasteiger partial charge is 0.457 e. The molecule has 0 saturated carbocycles. The van der Waals surface area contributed by atoms with Gasteiger partial charge in [0.15, 0.2) is 11.5 Å². The summed E-state index contributed by atoms with van der Waals surface area (Å²) in [4.78, 5) is 41.1. The van der Waals surface area contributed by atoms with Crippen molar-refractivity contribution < 1.29 is 9.53 Å². The fraction of sp³-hybridized carbons (Fsp3) is 0.0312. The van der Waals surface area contributed by atoms with Gasteiger partial charge in [-0.3, -0.25) is 14.3 Å². The summed E-state index contributed by atoms with van der Waals surface area (Å²) in [6.07, 6.45) is 6.08. The number of nitrogens with zero attached hydrogens (tertiary/aromatic N) is 6. The number of carbonyl (C=O) groups is 1. The number of pyridine rings is 1. The molecule has 0 unspecified atom stereocenters. The molecule has 42 heavy (non-hydrogen) atoms. The van der Waals surface area contributed by atoms with Gasteiger partial charge in [0.1, 0.15) is 23.3 Å². The number of amides is 1. The van der Waals surface area contributed by atoms with Gasteiger partial charge in [0.05, 0.1) is 17.1 Å². The smallest absolute Gasteiger partial charge is 0.339 e. The van der Waals surface area contributed by atoms with Crippen LogP contribution in [0.25, 0.3) is 28.6 Å². The van der Waals surface area contributed by atoms with Crippen molar-refractivity contribution in [3.05, 3.63) is 132 Å². The number of nitrogen functional groups attached to an aromatic ring is 1. The summed E-state index contributed by atoms with van der Waals surface area (Å²) in [5.41, 5.74) is 8.91. The number of anilines is 2. The molecule has 0 aliphatic rings. The highest BCUT2D eigenvalue weighted by molar-refractivity contribution is 6.03. The number of hydrogen-bond donors (Lipinski definition) is 1. The van der Waals surface area contributed by atoms with E-state index in [2.05, 4.69) is 15.0 Å². The Morgan fingerprint density at radius 1 is 0.833 bits per heavy atom. The van der Waals surface area contributed by atoms with Crippen LogP contribution in [0.2, 0.25) is 0 Å². The minimum atomic E-state index is -0.393. The van der Waals surface area contributed by atoms with E-state index in [-0.39, 0.29) is 11.7 Å². The summed E-state index contributed by atoms with van der Waals surface area (Å²) < 4.78 is 8.82. The van der Waals surface area contributed by atoms with Crippen molar-refractivity contribution >= 4 is 34.7 Å². The fourth-order valence-electron chi connectivity index (χ4n) is 4.52. The lowest BCUT2D eigenvalue weighted by molar-refractivity contribution is -0.113. The number of aromatic nitrogens is 5. The van der Waals surface area contributed by atoms with E-state index in [1.165, 1.54) is 26.4 Å². The predicted octanol–water partition coefficient (Wildman–Crippen LogP) is 5.02. The Labute approximate surface area is 240 Å². The maximum Gasteiger partial charge on any atom is 0.339 e. The number of nitrogens with two attached hydrogens (primary N) is 1. The molecule has 6 rings (SSSR count). The van der Waals surface area contributed by atoms with Gasteiger partial charge in [-0.15, -0.1) is 0 Å². The van der Waals surface area contributed by atoms with E-state index < -0.39 is 5.69 Å². The van der Waals surface area contributed by atoms with Gasteiger partial charge in [-0.25, -0.2) is 19.3 Å². The summed E-state index contributed by atoms with van der Waals surface area (Å²) >= 11 is 0. The van der Waals surface area contributed by atoms with Crippen molar-refractivity contribution in [3.8, 4) is 22.9 Å². The molecule has 0 aliphatic carbocycles. The minimum Gasteiger partial charge on any atom is -0.457 e. The first-order valence-electron chi connectivity index (χ1n) is 13.0. The molecule has 206 valence electrons. The number of carbonyl (C=O) groups excluding carboxylic acids is 1. The quantitative estimate of drug-likeness (QED) is 0.275. The molecule has 3 aromatic heterocycles. The van der Waals surface area contributed by atoms with Gasteiger partial charge in [-0.1, -0.05) is 30.3 Å². The molecule has 0 radical (unpaired) electrons. The molecule has 3 heterocycles. The third kappa shape index (κ3) is 5.11. The molecule has 0 aliphatic heterocycles. The topological polar surface area (TPSA) is 121 Å². The maximum atomic E-state index is 14.0. The Morgan fingerprint density at radius 2 is 1.60 bits per heavy atom. The normalized spacial score (nSPS) is 11.2. The van der Waals surface area contributed by atoms with E-state index >= 15 is 0 Å². The van der Waals surface area contributed by atoms with Crippen LogP contribution in [-0.4, -0.2) is 37.0 Å². The summed E-state index contributed by atoms with van der Waals surface area (Å²) in [7, 11) is 1.66. The number of fused-ring (bicyclic) bond motifs is 1. The summed E-state index contributed by atoms with van der Waals surface area (Å²) in [5, 5.41) is 0. The zero-order valence-corrected chi connectivity index (χ0v) is 22.5. The molecule has 3 aromatic carbocycles. The Bertz CT molecular complexity index is 1970. The predicted molar refractivity (Wildman–Crippen MR) is 162 cm³/mol. The van der Waals surface area contributed by atoms with Crippen LogP contribution in [0.3, 0.4) is 0 Å². The first-order chi connectivity index (χ1) is 20.5. The van der Waals surface area contributed by atoms with Gasteiger partial charge >= 0.3 is 5.69 Å². The van der Waals surface area contributed by atoms with Gasteiger partial charge in [0.25, 0.3) is 5.91 Å². The molecule has 0 atom stereocenters. The van der Waals surface area contributed by atoms with E-state index in [4.69, 9.17) is 10.5 Å². The summed E-state index contributed by atoms with van der Waals surface area (Å²) in [6.45, 7) is 0. The highest BCUT2D eigenvalue weighted by atomic mass is 16.5. The first kappa shape index (κ1) is 26.2. The van der Waals surface area contributed by atoms with Crippen LogP contribution in [-0.2, 0) is 4.79 Å². The van der Waals surface area contributed by atoms with Crippen molar-refractivity contribution in [1.82, 2.24) is 24.1 Å². The van der Waals surface area contributed by atoms with Crippen LogP contribution >= 0.6 is 0 Å². The molecule has 10 heteroatoms. The van der Waals surface area contributed by atoms with Crippen molar-refractivity contribution in [2.24, 2.45) is 0 Å². The van der Waals surface area contributed by atoms with E-state index in [0.717, 1.165) is 0 Å². The van der Waals surface area contributed by atoms with E-state index in [1.807, 2.05) is 48.5 Å². The number of imidazole rings is 1. The van der Waals surface area contributed by atoms with Crippen molar-refractivity contribution in [3.63, 3.8) is 0 Å². The number of benzene rings is 3. The van der Waals surface area contributed by atoms with Gasteiger partial charge < -0.3 is 15.4 Å². The lowest BCUT2D eigenvalue weighted by atomic mass is 10.2. The molecule has 10 nitrogen and oxygen atoms in total. The lowest BCUT2D eigenvalue weighted by Gasteiger charge is -2.16. The molecule has 6 aromatic rings. The molecular formula is C32H25N7O3. The molecule has 1 amide bonds. The van der Waals surface area contributed by atoms with Crippen LogP contribution in [0.5, 0.6) is 11.5 Å². The zero-order valence-electron chi connectivity index (χ0n) is 22.5. The first-order valence-corrected chi connectivity index (χ1v) is 13.0. The standard InChI is InChI=1S/C32H25N7O3/c1-37(28(40)18-13-22-8-5-6-19-34-22)24-9-7-10-25(20-24)39-31-29(30(33)35-21-36-31)38(32(39)41)23-14-16-27(17-15-23)42-26-11-3-2-4-12-26/h2-21H,1H3,(H2,33,35,36)/b18-13+. The van der Waals surface area contributed by atoms with E-state index in [1.54, 1.807) is 67.9 Å². The number of hydrogen-bond acceptors (Lipinski definition) is 7. The fourth-order valence-corrected chi connectivity index (χ4v) is 4.52. The Morgan fingerprint density at radius 3 is 2.36 bits per heavy atom. The maximum absolute atomic E-state index is 14.0. The van der Waals surface area contributed by atoms with Crippen molar-refractivity contribution in [1.29, 1.82) is 0 Å². The second-order valence-electron chi connectivity index (χ2n) is 9.30. The highest BCUT2D eigenvalue weighted by Crippen LogP contribution is 2.27. The van der Waals surface area contributed by atoms with E-state index in [0.29, 0.717) is 45.4 Å². The van der Waals surface area contributed by atoms with Crippen LogP contribution < -0.4 is 21.1 Å². The average Bonchev–Trinajstić information content (AvgIpc) is 3.33. The second kappa shape index (κ2) is 11.2. The Kier molecular flexibility index (Phi) is 7.00. The third-order valence-corrected chi connectivity index (χ3v) is 6.61. The summed E-state index contributed by atoms with van der Waals surface area (Å²) in [5.74, 6) is 1.22. The average molecular weight is 556 g/mol. The van der Waals surface area contributed by atoms with Crippen LogP contribution in [0.1, 0.15) is 5.69 Å². The number of ether oxygens (including phenoxy) is 1. The molecule has 0 spiro atoms. The number of para-hydroxylation sites is 1. The third-order valence-electron chi connectivity index (χ3n) is 6.61. The Balaban J connectivity index is 1.36. The van der Waals surface area contributed by atoms with Crippen LogP contribution in [0.15, 0.2) is 120 Å². The van der Waals surface area contributed by atoms with Crippen molar-refractivity contribution in [2.45, 2.75) is 0 Å². The van der Waals surface area contributed by atoms with Crippen LogP contribution in [0, 0.1) is 0 Å². The number of likely N-dealkylation sites (N-methyl/N-ethyl adjacent to an activating group) is 1. The zero-order chi connectivity index (χ0) is 29.1. The highest BCUT2D eigenvalue weighted by Gasteiger charge is 2.21. The monoisotopic (exact) mass is 555 g/mol. The molecular weight excluding hydrogens is 530 g/mol. The molecule has 2 N–H and O–H groups in total. The molecule has 0 bridgehead atoms. The molecule has 0 saturated heterocycles. The number of rotatable bonds is 7. The van der Waals surface area contributed by atoms with Gasteiger partial charge in [-0.2, -0.15) is 0 Å². The SMILES string of the molecule is CN(C(=O)/C=C/c1ccccn1)c1cccc(-n2c(=O)n(-c3ccc(Oc4ccccc4)cc3)c3c(N)ncnc32)c1. The van der Waals surface area contributed by atoms with Crippen LogP contribution in [0.4, 0.5) is 11.5 Å². The van der Waals surface area contributed by atoms with Gasteiger partial charge in [0, 0.05) is 25.0 Å². The van der Waals surface area contributed by atoms with Gasteiger partial charge in [0.2, 0.25) is 0 Å². The minimum absolute atomic E-state index is 0.156. The van der Waals surface area contributed by atoms with E-state index in [9.17, 15) is 9.59 Å². The Hall–Kier alpha value is -6.03. The lowest BCUT2D eigenvalue weighted by Crippen LogP contribution is -2.25. The molecule has 0 fully saturated rings. The summed E-state index contributed by atoms with van der Waals surface area (Å²) in [6, 6.07) is 29.0. The van der Waals surface area contributed by atoms with Crippen molar-refractivity contribution in [2.75, 3.05) is 17.7 Å². The second-order valence-corrected chi connectivity index (χ2v) is 9.30.